The van der Waals surface area contributed by atoms with Crippen molar-refractivity contribution in [1.82, 2.24) is 9.78 Å². The Morgan fingerprint density at radius 3 is 2.81 bits per heavy atom. The van der Waals surface area contributed by atoms with Crippen molar-refractivity contribution in [2.75, 3.05) is 0 Å². The van der Waals surface area contributed by atoms with E-state index in [0.29, 0.717) is 16.3 Å². The quantitative estimate of drug-likeness (QED) is 0.926. The summed E-state index contributed by atoms with van der Waals surface area (Å²) in [6.45, 7) is 0. The lowest BCUT2D eigenvalue weighted by atomic mass is 10.1. The number of aliphatic hydroxyl groups is 1. The lowest BCUT2D eigenvalue weighted by Gasteiger charge is -2.11. The number of aromatic nitrogens is 2. The summed E-state index contributed by atoms with van der Waals surface area (Å²) >= 11 is 9.43. The Bertz CT molecular complexity index is 512. The van der Waals surface area contributed by atoms with E-state index >= 15 is 0 Å². The molecule has 0 saturated heterocycles. The van der Waals surface area contributed by atoms with Crippen molar-refractivity contribution in [3.05, 3.63) is 51.2 Å². The first-order valence-corrected chi connectivity index (χ1v) is 5.88. The molecule has 0 spiro atoms. The Morgan fingerprint density at radius 1 is 1.44 bits per heavy atom. The average Bonchev–Trinajstić information content (AvgIpc) is 2.68. The zero-order chi connectivity index (χ0) is 11.7. The third-order valence-electron chi connectivity index (χ3n) is 2.29. The molecule has 84 valence electrons. The number of nitrogens with zero attached hydrogens (tertiary/aromatic N) is 2. The first kappa shape index (κ1) is 11.6. The third-order valence-corrected chi connectivity index (χ3v) is 3.60. The number of aliphatic hydroxyl groups excluding tert-OH is 1. The molecule has 2 aromatic rings. The predicted octanol–water partition coefficient (Wildman–Crippen LogP) is 2.92. The Hall–Kier alpha value is -0.840. The maximum Gasteiger partial charge on any atom is 0.124 e. The van der Waals surface area contributed by atoms with Crippen LogP contribution in [0.4, 0.5) is 0 Å². The summed E-state index contributed by atoms with van der Waals surface area (Å²) in [5, 5.41) is 14.8. The van der Waals surface area contributed by atoms with Crippen molar-refractivity contribution < 1.29 is 5.11 Å². The molecule has 1 N–H and O–H groups in total. The van der Waals surface area contributed by atoms with Crippen molar-refractivity contribution in [3.8, 4) is 0 Å². The van der Waals surface area contributed by atoms with E-state index in [4.69, 9.17) is 11.6 Å². The fourth-order valence-electron chi connectivity index (χ4n) is 1.47. The molecule has 2 rings (SSSR count). The van der Waals surface area contributed by atoms with E-state index in [-0.39, 0.29) is 0 Å². The van der Waals surface area contributed by atoms with Crippen LogP contribution in [0.15, 0.2) is 34.9 Å². The van der Waals surface area contributed by atoms with Gasteiger partial charge in [-0.1, -0.05) is 23.7 Å². The fraction of sp³-hybridized carbons (Fsp3) is 0.182. The van der Waals surface area contributed by atoms with Gasteiger partial charge in [0.15, 0.2) is 0 Å². The molecule has 0 saturated carbocycles. The SMILES string of the molecule is Cn1ccc(C(O)c2cccc(Br)c2Cl)n1. The molecule has 1 unspecified atom stereocenters. The lowest BCUT2D eigenvalue weighted by Crippen LogP contribution is -2.02. The second-order valence-corrected chi connectivity index (χ2v) is 4.69. The predicted molar refractivity (Wildman–Crippen MR) is 66.4 cm³/mol. The van der Waals surface area contributed by atoms with Crippen molar-refractivity contribution in [2.45, 2.75) is 6.10 Å². The second-order valence-electron chi connectivity index (χ2n) is 3.46. The van der Waals surface area contributed by atoms with Crippen LogP contribution in [0.5, 0.6) is 0 Å². The topological polar surface area (TPSA) is 38.0 Å². The number of halogens is 2. The highest BCUT2D eigenvalue weighted by Gasteiger charge is 2.17. The minimum atomic E-state index is -0.800. The minimum absolute atomic E-state index is 0.514. The third kappa shape index (κ3) is 2.14. The first-order valence-electron chi connectivity index (χ1n) is 4.71. The van der Waals surface area contributed by atoms with Crippen LogP contribution in [0.25, 0.3) is 0 Å². The Labute approximate surface area is 107 Å². The van der Waals surface area contributed by atoms with Crippen molar-refractivity contribution in [1.29, 1.82) is 0 Å². The molecular formula is C11H10BrClN2O. The molecule has 16 heavy (non-hydrogen) atoms. The standard InChI is InChI=1S/C11H10BrClN2O/c1-15-6-5-9(14-15)11(16)7-3-2-4-8(12)10(7)13/h2-6,11,16H,1H3. The van der Waals surface area contributed by atoms with E-state index in [2.05, 4.69) is 21.0 Å². The molecular weight excluding hydrogens is 291 g/mol. The Balaban J connectivity index is 2.41. The molecule has 1 aromatic heterocycles. The largest absolute Gasteiger partial charge is 0.382 e. The van der Waals surface area contributed by atoms with Crippen LogP contribution in [0.1, 0.15) is 17.4 Å². The van der Waals surface area contributed by atoms with Crippen LogP contribution < -0.4 is 0 Å². The monoisotopic (exact) mass is 300 g/mol. The van der Waals surface area contributed by atoms with E-state index < -0.39 is 6.10 Å². The van der Waals surface area contributed by atoms with Gasteiger partial charge in [0, 0.05) is 23.3 Å². The molecule has 3 nitrogen and oxygen atoms in total. The summed E-state index contributed by atoms with van der Waals surface area (Å²) in [5.74, 6) is 0. The highest BCUT2D eigenvalue weighted by atomic mass is 79.9. The Kier molecular flexibility index (Phi) is 3.33. The van der Waals surface area contributed by atoms with E-state index in [1.165, 1.54) is 0 Å². The Morgan fingerprint density at radius 2 is 2.19 bits per heavy atom. The van der Waals surface area contributed by atoms with E-state index in [0.717, 1.165) is 4.47 Å². The summed E-state index contributed by atoms with van der Waals surface area (Å²) in [6, 6.07) is 7.21. The van der Waals surface area contributed by atoms with E-state index in [9.17, 15) is 5.11 Å². The summed E-state index contributed by atoms with van der Waals surface area (Å²) in [7, 11) is 1.80. The minimum Gasteiger partial charge on any atom is -0.382 e. The van der Waals surface area contributed by atoms with Crippen LogP contribution in [-0.4, -0.2) is 14.9 Å². The van der Waals surface area contributed by atoms with Crippen LogP contribution in [-0.2, 0) is 7.05 Å². The molecule has 0 radical (unpaired) electrons. The van der Waals surface area contributed by atoms with Crippen LogP contribution in [0.3, 0.4) is 0 Å². The molecule has 5 heteroatoms. The maximum atomic E-state index is 10.1. The van der Waals surface area contributed by atoms with Gasteiger partial charge in [-0.15, -0.1) is 0 Å². The molecule has 1 heterocycles. The molecule has 1 atom stereocenters. The smallest absolute Gasteiger partial charge is 0.124 e. The zero-order valence-corrected chi connectivity index (χ0v) is 10.9. The van der Waals surface area contributed by atoms with Crippen molar-refractivity contribution in [3.63, 3.8) is 0 Å². The van der Waals surface area contributed by atoms with E-state index in [1.54, 1.807) is 30.1 Å². The number of hydrogen-bond donors (Lipinski definition) is 1. The van der Waals surface area contributed by atoms with Gasteiger partial charge in [-0.05, 0) is 28.1 Å². The molecule has 0 amide bonds. The van der Waals surface area contributed by atoms with Gasteiger partial charge >= 0.3 is 0 Å². The summed E-state index contributed by atoms with van der Waals surface area (Å²) in [6.07, 6.45) is 0.982. The molecule has 0 aliphatic carbocycles. The number of hydrogen-bond acceptors (Lipinski definition) is 2. The molecule has 0 aliphatic rings. The van der Waals surface area contributed by atoms with Gasteiger partial charge in [0.1, 0.15) is 6.10 Å². The van der Waals surface area contributed by atoms with Gasteiger partial charge in [-0.3, -0.25) is 4.68 Å². The van der Waals surface area contributed by atoms with Crippen LogP contribution >= 0.6 is 27.5 Å². The first-order chi connectivity index (χ1) is 7.59. The van der Waals surface area contributed by atoms with Crippen LogP contribution in [0, 0.1) is 0 Å². The van der Waals surface area contributed by atoms with Crippen molar-refractivity contribution in [2.24, 2.45) is 7.05 Å². The lowest BCUT2D eigenvalue weighted by molar-refractivity contribution is 0.214. The molecule has 1 aromatic carbocycles. The highest BCUT2D eigenvalue weighted by Crippen LogP contribution is 2.32. The van der Waals surface area contributed by atoms with Gasteiger partial charge in [-0.2, -0.15) is 5.10 Å². The summed E-state index contributed by atoms with van der Waals surface area (Å²) in [5.41, 5.74) is 1.23. The zero-order valence-electron chi connectivity index (χ0n) is 8.56. The fourth-order valence-corrected chi connectivity index (χ4v) is 2.08. The molecule has 0 aliphatic heterocycles. The van der Waals surface area contributed by atoms with Gasteiger partial charge < -0.3 is 5.11 Å². The van der Waals surface area contributed by atoms with Gasteiger partial charge in [-0.25, -0.2) is 0 Å². The number of aryl methyl sites for hydroxylation is 1. The van der Waals surface area contributed by atoms with Gasteiger partial charge in [0.05, 0.1) is 10.7 Å². The number of rotatable bonds is 2. The normalized spacial score (nSPS) is 12.8. The highest BCUT2D eigenvalue weighted by molar-refractivity contribution is 9.10. The maximum absolute atomic E-state index is 10.1. The summed E-state index contributed by atoms with van der Waals surface area (Å²) < 4.78 is 2.41. The molecule has 0 fully saturated rings. The molecule has 0 bridgehead atoms. The van der Waals surface area contributed by atoms with Gasteiger partial charge in [0.25, 0.3) is 0 Å². The van der Waals surface area contributed by atoms with E-state index in [1.807, 2.05) is 12.1 Å². The van der Waals surface area contributed by atoms with Gasteiger partial charge in [0.2, 0.25) is 0 Å². The van der Waals surface area contributed by atoms with Crippen LogP contribution in [0.2, 0.25) is 5.02 Å². The second kappa shape index (κ2) is 4.57. The number of benzene rings is 1. The van der Waals surface area contributed by atoms with Crippen molar-refractivity contribution >= 4 is 27.5 Å². The average molecular weight is 302 g/mol. The summed E-state index contributed by atoms with van der Waals surface area (Å²) in [4.78, 5) is 0.